The van der Waals surface area contributed by atoms with Crippen LogP contribution in [0.5, 0.6) is 0 Å². The van der Waals surface area contributed by atoms with E-state index in [1.54, 1.807) is 7.11 Å². The average molecular weight is 170 g/mol. The van der Waals surface area contributed by atoms with Gasteiger partial charge in [0.15, 0.2) is 0 Å². The molecule has 0 heterocycles. The Balaban J connectivity index is 2.24. The van der Waals surface area contributed by atoms with Crippen molar-refractivity contribution < 1.29 is 9.47 Å². The quantitative estimate of drug-likeness (QED) is 0.645. The maximum Gasteiger partial charge on any atom is 0.0921 e. The Kier molecular flexibility index (Phi) is 4.15. The molecule has 0 aromatic carbocycles. The van der Waals surface area contributed by atoms with Crippen LogP contribution in [0, 0.1) is 0 Å². The molecule has 1 aliphatic carbocycles. The van der Waals surface area contributed by atoms with Gasteiger partial charge in [0.05, 0.1) is 18.5 Å². The standard InChI is InChI=1S/C10H18O2/c1-3-8-12-10-6-4-9(11-2)5-7-10/h6,9H,3-5,7-8H2,1-2H3. The predicted molar refractivity (Wildman–Crippen MR) is 49.0 cm³/mol. The lowest BCUT2D eigenvalue weighted by Gasteiger charge is -2.20. The van der Waals surface area contributed by atoms with Crippen molar-refractivity contribution in [2.75, 3.05) is 13.7 Å². The third-order valence-corrected chi connectivity index (χ3v) is 2.15. The Labute approximate surface area is 74.6 Å². The Morgan fingerprint density at radius 2 is 2.42 bits per heavy atom. The van der Waals surface area contributed by atoms with Gasteiger partial charge in [0.25, 0.3) is 0 Å². The van der Waals surface area contributed by atoms with E-state index >= 15 is 0 Å². The van der Waals surface area contributed by atoms with Gasteiger partial charge >= 0.3 is 0 Å². The first-order valence-electron chi connectivity index (χ1n) is 4.71. The first-order chi connectivity index (χ1) is 5.86. The minimum Gasteiger partial charge on any atom is -0.498 e. The van der Waals surface area contributed by atoms with Crippen molar-refractivity contribution >= 4 is 0 Å². The van der Waals surface area contributed by atoms with E-state index in [4.69, 9.17) is 9.47 Å². The summed E-state index contributed by atoms with van der Waals surface area (Å²) in [6, 6.07) is 0. The van der Waals surface area contributed by atoms with Crippen molar-refractivity contribution in [1.29, 1.82) is 0 Å². The van der Waals surface area contributed by atoms with Gasteiger partial charge < -0.3 is 9.47 Å². The smallest absolute Gasteiger partial charge is 0.0921 e. The van der Waals surface area contributed by atoms with Gasteiger partial charge in [-0.15, -0.1) is 0 Å². The molecule has 1 aliphatic rings. The van der Waals surface area contributed by atoms with Gasteiger partial charge in [0.1, 0.15) is 0 Å². The van der Waals surface area contributed by atoms with Crippen molar-refractivity contribution in [3.8, 4) is 0 Å². The highest BCUT2D eigenvalue weighted by Gasteiger charge is 2.13. The van der Waals surface area contributed by atoms with E-state index in [1.165, 1.54) is 0 Å². The highest BCUT2D eigenvalue weighted by Crippen LogP contribution is 2.20. The van der Waals surface area contributed by atoms with E-state index in [1.807, 2.05) is 0 Å². The molecule has 2 nitrogen and oxygen atoms in total. The predicted octanol–water partition coefficient (Wildman–Crippen LogP) is 2.50. The van der Waals surface area contributed by atoms with E-state index in [0.29, 0.717) is 6.10 Å². The summed E-state index contributed by atoms with van der Waals surface area (Å²) in [6.07, 6.45) is 6.82. The van der Waals surface area contributed by atoms with Gasteiger partial charge in [-0.05, 0) is 25.3 Å². The summed E-state index contributed by atoms with van der Waals surface area (Å²) < 4.78 is 10.8. The maximum absolute atomic E-state index is 5.53. The normalized spacial score (nSPS) is 23.5. The van der Waals surface area contributed by atoms with Crippen molar-refractivity contribution in [1.82, 2.24) is 0 Å². The second kappa shape index (κ2) is 5.20. The van der Waals surface area contributed by atoms with E-state index in [0.717, 1.165) is 38.0 Å². The van der Waals surface area contributed by atoms with Crippen LogP contribution in [0.15, 0.2) is 11.8 Å². The maximum atomic E-state index is 5.53. The van der Waals surface area contributed by atoms with Crippen LogP contribution in [0.25, 0.3) is 0 Å². The molecule has 0 aliphatic heterocycles. The molecule has 0 aromatic heterocycles. The van der Waals surface area contributed by atoms with Crippen molar-refractivity contribution in [2.45, 2.75) is 38.7 Å². The van der Waals surface area contributed by atoms with E-state index < -0.39 is 0 Å². The molecule has 0 N–H and O–H groups in total. The monoisotopic (exact) mass is 170 g/mol. The molecule has 0 aromatic rings. The molecular formula is C10H18O2. The molecule has 1 unspecified atom stereocenters. The number of ether oxygens (including phenoxy) is 2. The molecule has 0 amide bonds. The second-order valence-electron chi connectivity index (χ2n) is 3.15. The van der Waals surface area contributed by atoms with Crippen LogP contribution in [-0.2, 0) is 9.47 Å². The summed E-state index contributed by atoms with van der Waals surface area (Å²) in [5, 5.41) is 0. The molecule has 0 saturated heterocycles. The molecular weight excluding hydrogens is 152 g/mol. The fourth-order valence-electron chi connectivity index (χ4n) is 1.36. The van der Waals surface area contributed by atoms with Crippen LogP contribution in [0.3, 0.4) is 0 Å². The van der Waals surface area contributed by atoms with Gasteiger partial charge in [-0.25, -0.2) is 0 Å². The van der Waals surface area contributed by atoms with Gasteiger partial charge in [-0.3, -0.25) is 0 Å². The molecule has 2 heteroatoms. The molecule has 1 atom stereocenters. The fourth-order valence-corrected chi connectivity index (χ4v) is 1.36. The molecule has 0 saturated carbocycles. The second-order valence-corrected chi connectivity index (χ2v) is 3.15. The van der Waals surface area contributed by atoms with Crippen molar-refractivity contribution in [2.24, 2.45) is 0 Å². The van der Waals surface area contributed by atoms with Gasteiger partial charge in [0, 0.05) is 13.5 Å². The zero-order chi connectivity index (χ0) is 8.81. The Hall–Kier alpha value is -0.500. The molecule has 1 rings (SSSR count). The van der Waals surface area contributed by atoms with Crippen LogP contribution in [0.2, 0.25) is 0 Å². The third kappa shape index (κ3) is 2.86. The summed E-state index contributed by atoms with van der Waals surface area (Å²) in [5.74, 6) is 1.16. The van der Waals surface area contributed by atoms with Crippen LogP contribution >= 0.6 is 0 Å². The highest BCUT2D eigenvalue weighted by molar-refractivity contribution is 4.99. The minimum absolute atomic E-state index is 0.416. The van der Waals surface area contributed by atoms with E-state index in [-0.39, 0.29) is 0 Å². The molecule has 12 heavy (non-hydrogen) atoms. The first kappa shape index (κ1) is 9.59. The number of hydrogen-bond acceptors (Lipinski definition) is 2. The summed E-state index contributed by atoms with van der Waals surface area (Å²) in [6.45, 7) is 2.98. The van der Waals surface area contributed by atoms with Crippen molar-refractivity contribution in [3.63, 3.8) is 0 Å². The number of methoxy groups -OCH3 is 1. The number of rotatable bonds is 4. The van der Waals surface area contributed by atoms with Crippen molar-refractivity contribution in [3.05, 3.63) is 11.8 Å². The molecule has 70 valence electrons. The number of hydrogen-bond donors (Lipinski definition) is 0. The Morgan fingerprint density at radius 3 is 2.92 bits per heavy atom. The van der Waals surface area contributed by atoms with Gasteiger partial charge in [-0.2, -0.15) is 0 Å². The zero-order valence-electron chi connectivity index (χ0n) is 8.01. The molecule has 0 fully saturated rings. The summed E-state index contributed by atoms with van der Waals surface area (Å²) in [7, 11) is 1.77. The van der Waals surface area contributed by atoms with Crippen LogP contribution in [-0.4, -0.2) is 19.8 Å². The largest absolute Gasteiger partial charge is 0.498 e. The topological polar surface area (TPSA) is 18.5 Å². The first-order valence-corrected chi connectivity index (χ1v) is 4.71. The van der Waals surface area contributed by atoms with E-state index in [2.05, 4.69) is 13.0 Å². The SMILES string of the molecule is CCCOC1=CCC(OC)CC1. The zero-order valence-corrected chi connectivity index (χ0v) is 8.01. The lowest BCUT2D eigenvalue weighted by molar-refractivity contribution is 0.0812. The lowest BCUT2D eigenvalue weighted by Crippen LogP contribution is -2.14. The minimum atomic E-state index is 0.416. The summed E-state index contributed by atoms with van der Waals surface area (Å²) in [4.78, 5) is 0. The number of allylic oxidation sites excluding steroid dienone is 1. The lowest BCUT2D eigenvalue weighted by atomic mass is 10.0. The third-order valence-electron chi connectivity index (χ3n) is 2.15. The summed E-state index contributed by atoms with van der Waals surface area (Å²) in [5.41, 5.74) is 0. The average Bonchev–Trinajstić information content (AvgIpc) is 2.15. The Morgan fingerprint density at radius 1 is 1.58 bits per heavy atom. The highest BCUT2D eigenvalue weighted by atomic mass is 16.5. The molecule has 0 bridgehead atoms. The van der Waals surface area contributed by atoms with Crippen LogP contribution < -0.4 is 0 Å². The van der Waals surface area contributed by atoms with Gasteiger partial charge in [-0.1, -0.05) is 6.92 Å². The summed E-state index contributed by atoms with van der Waals surface area (Å²) >= 11 is 0. The fraction of sp³-hybridized carbons (Fsp3) is 0.800. The molecule has 0 radical (unpaired) electrons. The van der Waals surface area contributed by atoms with Crippen LogP contribution in [0.4, 0.5) is 0 Å². The van der Waals surface area contributed by atoms with E-state index in [9.17, 15) is 0 Å². The molecule has 0 spiro atoms. The Bertz CT molecular complexity index is 152. The van der Waals surface area contributed by atoms with Crippen LogP contribution in [0.1, 0.15) is 32.6 Å². The van der Waals surface area contributed by atoms with Gasteiger partial charge in [0.2, 0.25) is 0 Å².